The molecule has 1 aromatic carbocycles. The molecule has 0 spiro atoms. The molecule has 6 nitrogen and oxygen atoms in total. The van der Waals surface area contributed by atoms with Gasteiger partial charge >= 0.3 is 0 Å². The minimum Gasteiger partial charge on any atom is -0.383 e. The fourth-order valence-corrected chi connectivity index (χ4v) is 3.43. The highest BCUT2D eigenvalue weighted by Gasteiger charge is 2.19. The number of aliphatic imine (C=N–C) groups is 1. The van der Waals surface area contributed by atoms with Crippen molar-refractivity contribution in [1.82, 2.24) is 15.5 Å². The van der Waals surface area contributed by atoms with Crippen LogP contribution in [0, 0.1) is 0 Å². The Bertz CT molecular complexity index is 545. The molecule has 0 aliphatic carbocycles. The minimum absolute atomic E-state index is 0.236. The van der Waals surface area contributed by atoms with E-state index in [4.69, 9.17) is 9.47 Å². The first-order valence-electron chi connectivity index (χ1n) is 10.6. The highest BCUT2D eigenvalue weighted by atomic mass is 16.5. The molecule has 1 aliphatic rings. The van der Waals surface area contributed by atoms with Gasteiger partial charge in [-0.3, -0.25) is 9.89 Å². The third-order valence-corrected chi connectivity index (χ3v) is 4.85. The first kappa shape index (κ1) is 22.7. The number of nitrogens with zero attached hydrogens (tertiary/aromatic N) is 2. The predicted molar refractivity (Wildman–Crippen MR) is 116 cm³/mol. The van der Waals surface area contributed by atoms with Crippen LogP contribution in [0.2, 0.25) is 0 Å². The van der Waals surface area contributed by atoms with Crippen LogP contribution in [0.25, 0.3) is 0 Å². The van der Waals surface area contributed by atoms with Crippen molar-refractivity contribution < 1.29 is 9.47 Å². The molecule has 1 heterocycles. The van der Waals surface area contributed by atoms with Crippen molar-refractivity contribution >= 4 is 5.96 Å². The number of hydrogen-bond acceptors (Lipinski definition) is 4. The fraction of sp³-hybridized carbons (Fsp3) is 0.682. The van der Waals surface area contributed by atoms with Crippen LogP contribution in [-0.2, 0) is 16.0 Å². The summed E-state index contributed by atoms with van der Waals surface area (Å²) in [6.45, 7) is 10.5. The van der Waals surface area contributed by atoms with Gasteiger partial charge in [0.2, 0.25) is 0 Å². The van der Waals surface area contributed by atoms with Crippen LogP contribution >= 0.6 is 0 Å². The first-order valence-corrected chi connectivity index (χ1v) is 10.6. The Labute approximate surface area is 170 Å². The van der Waals surface area contributed by atoms with Crippen molar-refractivity contribution in [3.8, 4) is 0 Å². The molecule has 0 aromatic heterocycles. The SMILES string of the molecule is CCNC(=NCCCOC1CCN(Cc2ccccc2)CC1)NC(C)COC. The van der Waals surface area contributed by atoms with Crippen LogP contribution in [0.5, 0.6) is 0 Å². The smallest absolute Gasteiger partial charge is 0.191 e. The van der Waals surface area contributed by atoms with Crippen molar-refractivity contribution in [2.45, 2.75) is 51.8 Å². The van der Waals surface area contributed by atoms with E-state index in [0.717, 1.165) is 64.6 Å². The largest absolute Gasteiger partial charge is 0.383 e. The molecule has 1 atom stereocenters. The number of benzene rings is 1. The fourth-order valence-electron chi connectivity index (χ4n) is 3.43. The molecule has 1 aromatic rings. The molecule has 0 bridgehead atoms. The number of ether oxygens (including phenoxy) is 2. The molecule has 1 fully saturated rings. The van der Waals surface area contributed by atoms with E-state index in [1.165, 1.54) is 5.56 Å². The quantitative estimate of drug-likeness (QED) is 0.346. The second kappa shape index (κ2) is 13.5. The molecule has 2 rings (SSSR count). The van der Waals surface area contributed by atoms with Gasteiger partial charge in [-0.25, -0.2) is 0 Å². The molecule has 1 unspecified atom stereocenters. The Balaban J connectivity index is 1.59. The van der Waals surface area contributed by atoms with Crippen LogP contribution < -0.4 is 10.6 Å². The summed E-state index contributed by atoms with van der Waals surface area (Å²) in [5.74, 6) is 0.848. The molecule has 1 aliphatic heterocycles. The molecule has 2 N–H and O–H groups in total. The average Bonchev–Trinajstić information content (AvgIpc) is 2.70. The van der Waals surface area contributed by atoms with Crippen LogP contribution in [0.1, 0.15) is 38.7 Å². The van der Waals surface area contributed by atoms with Gasteiger partial charge in [-0.2, -0.15) is 0 Å². The summed E-state index contributed by atoms with van der Waals surface area (Å²) >= 11 is 0. The maximum absolute atomic E-state index is 6.09. The lowest BCUT2D eigenvalue weighted by molar-refractivity contribution is 0.00565. The van der Waals surface area contributed by atoms with E-state index < -0.39 is 0 Å². The summed E-state index contributed by atoms with van der Waals surface area (Å²) in [7, 11) is 1.71. The van der Waals surface area contributed by atoms with Crippen LogP contribution in [0.3, 0.4) is 0 Å². The topological polar surface area (TPSA) is 58.1 Å². The lowest BCUT2D eigenvalue weighted by atomic mass is 10.1. The molecule has 6 heteroatoms. The van der Waals surface area contributed by atoms with Crippen molar-refractivity contribution in [2.75, 3.05) is 46.5 Å². The Morgan fingerprint density at radius 2 is 2.00 bits per heavy atom. The molecule has 1 saturated heterocycles. The zero-order chi connectivity index (χ0) is 20.0. The second-order valence-electron chi connectivity index (χ2n) is 7.45. The standard InChI is InChI=1S/C22H38N4O2/c1-4-23-22(25-19(2)18-27-3)24-13-8-16-28-21-11-14-26(15-12-21)17-20-9-6-5-7-10-20/h5-7,9-10,19,21H,4,8,11-18H2,1-3H3,(H2,23,24,25). The number of likely N-dealkylation sites (tertiary alicyclic amines) is 1. The number of piperidine rings is 1. The molecule has 28 heavy (non-hydrogen) atoms. The van der Waals surface area contributed by atoms with Crippen LogP contribution in [0.15, 0.2) is 35.3 Å². The van der Waals surface area contributed by atoms with Gasteiger partial charge in [-0.05, 0) is 38.7 Å². The third-order valence-electron chi connectivity index (χ3n) is 4.85. The van der Waals surface area contributed by atoms with Gasteiger partial charge in [0.1, 0.15) is 0 Å². The molecule has 158 valence electrons. The zero-order valence-electron chi connectivity index (χ0n) is 17.8. The number of nitrogens with one attached hydrogen (secondary N) is 2. The number of hydrogen-bond donors (Lipinski definition) is 2. The zero-order valence-corrected chi connectivity index (χ0v) is 17.8. The van der Waals surface area contributed by atoms with E-state index in [2.05, 4.69) is 64.7 Å². The van der Waals surface area contributed by atoms with Gasteiger partial charge in [0.05, 0.1) is 12.7 Å². The maximum Gasteiger partial charge on any atom is 0.191 e. The summed E-state index contributed by atoms with van der Waals surface area (Å²) in [6, 6.07) is 10.9. The highest BCUT2D eigenvalue weighted by Crippen LogP contribution is 2.16. The Morgan fingerprint density at radius 1 is 1.25 bits per heavy atom. The lowest BCUT2D eigenvalue weighted by Crippen LogP contribution is -2.44. The first-order chi connectivity index (χ1) is 13.7. The Hall–Kier alpha value is -1.63. The number of rotatable bonds is 11. The Kier molecular flexibility index (Phi) is 10.9. The van der Waals surface area contributed by atoms with Gasteiger partial charge in [0.25, 0.3) is 0 Å². The van der Waals surface area contributed by atoms with Crippen molar-refractivity contribution in [3.05, 3.63) is 35.9 Å². The van der Waals surface area contributed by atoms with E-state index in [1.54, 1.807) is 7.11 Å². The van der Waals surface area contributed by atoms with Crippen LogP contribution in [0.4, 0.5) is 0 Å². The highest BCUT2D eigenvalue weighted by molar-refractivity contribution is 5.80. The van der Waals surface area contributed by atoms with E-state index in [0.29, 0.717) is 12.7 Å². The number of guanidine groups is 1. The van der Waals surface area contributed by atoms with Crippen molar-refractivity contribution in [3.63, 3.8) is 0 Å². The predicted octanol–water partition coefficient (Wildman–Crippen LogP) is 2.65. The van der Waals surface area contributed by atoms with E-state index in [9.17, 15) is 0 Å². The summed E-state index contributed by atoms with van der Waals surface area (Å²) in [5.41, 5.74) is 1.39. The normalized spacial score (nSPS) is 17.5. The molecular weight excluding hydrogens is 352 g/mol. The lowest BCUT2D eigenvalue weighted by Gasteiger charge is -2.31. The van der Waals surface area contributed by atoms with Gasteiger partial charge in [0, 0.05) is 52.5 Å². The monoisotopic (exact) mass is 390 g/mol. The van der Waals surface area contributed by atoms with Gasteiger partial charge in [-0.15, -0.1) is 0 Å². The summed E-state index contributed by atoms with van der Waals surface area (Å²) in [5, 5.41) is 6.63. The summed E-state index contributed by atoms with van der Waals surface area (Å²) < 4.78 is 11.3. The number of methoxy groups -OCH3 is 1. The van der Waals surface area contributed by atoms with Gasteiger partial charge in [0.15, 0.2) is 5.96 Å². The Morgan fingerprint density at radius 3 is 2.68 bits per heavy atom. The third kappa shape index (κ3) is 9.04. The minimum atomic E-state index is 0.236. The van der Waals surface area contributed by atoms with Crippen LogP contribution in [-0.4, -0.2) is 69.5 Å². The van der Waals surface area contributed by atoms with E-state index in [1.807, 2.05) is 0 Å². The van der Waals surface area contributed by atoms with Gasteiger partial charge in [-0.1, -0.05) is 30.3 Å². The molecule has 0 amide bonds. The average molecular weight is 391 g/mol. The maximum atomic E-state index is 6.09. The second-order valence-corrected chi connectivity index (χ2v) is 7.45. The van der Waals surface area contributed by atoms with Gasteiger partial charge < -0.3 is 20.1 Å². The molecule has 0 saturated carbocycles. The summed E-state index contributed by atoms with van der Waals surface area (Å²) in [6.07, 6.45) is 3.58. The van der Waals surface area contributed by atoms with Crippen molar-refractivity contribution in [1.29, 1.82) is 0 Å². The van der Waals surface area contributed by atoms with E-state index >= 15 is 0 Å². The molecule has 0 radical (unpaired) electrons. The van der Waals surface area contributed by atoms with Crippen molar-refractivity contribution in [2.24, 2.45) is 4.99 Å². The molecular formula is C22H38N4O2. The summed E-state index contributed by atoms with van der Waals surface area (Å²) in [4.78, 5) is 7.15. The van der Waals surface area contributed by atoms with E-state index in [-0.39, 0.29) is 6.04 Å².